The van der Waals surface area contributed by atoms with Crippen LogP contribution in [0.5, 0.6) is 0 Å². The molecule has 0 rings (SSSR count). The molecule has 0 amide bonds. The molecule has 3 nitrogen and oxygen atoms in total. The Labute approximate surface area is 106 Å². The van der Waals surface area contributed by atoms with Crippen LogP contribution in [0.1, 0.15) is 73.1 Å². The van der Waals surface area contributed by atoms with E-state index in [0.29, 0.717) is 6.42 Å². The van der Waals surface area contributed by atoms with Crippen LogP contribution in [0.4, 0.5) is 0 Å². The van der Waals surface area contributed by atoms with E-state index in [0.717, 1.165) is 32.1 Å². The van der Waals surface area contributed by atoms with E-state index in [1.165, 1.54) is 0 Å². The van der Waals surface area contributed by atoms with Gasteiger partial charge in [0.15, 0.2) is 0 Å². The number of hydrogen-bond donors (Lipinski definition) is 0. The van der Waals surface area contributed by atoms with E-state index in [2.05, 4.69) is 13.8 Å². The number of carbonyl (C=O) groups excluding carboxylic acids is 1. The van der Waals surface area contributed by atoms with Crippen LogP contribution in [0.15, 0.2) is 0 Å². The smallest absolute Gasteiger partial charge is 0.308 e. The first-order chi connectivity index (χ1) is 7.91. The highest BCUT2D eigenvalue weighted by Gasteiger charge is 2.22. The summed E-state index contributed by atoms with van der Waals surface area (Å²) in [5, 5.41) is 0. The quantitative estimate of drug-likeness (QED) is 0.349. The topological polar surface area (TPSA) is 35.5 Å². The minimum Gasteiger partial charge on any atom is -0.436 e. The number of carbonyl (C=O) groups is 1. The second-order valence-corrected chi connectivity index (χ2v) is 5.14. The SMILES string of the molecule is CCCCCC(=O)OC(C)OC(C)(C)CCC. The summed E-state index contributed by atoms with van der Waals surface area (Å²) in [6, 6.07) is 0. The van der Waals surface area contributed by atoms with Gasteiger partial charge in [0.25, 0.3) is 0 Å². The summed E-state index contributed by atoms with van der Waals surface area (Å²) in [6.07, 6.45) is 5.16. The molecule has 0 saturated carbocycles. The molecule has 0 saturated heterocycles. The van der Waals surface area contributed by atoms with Crippen LogP contribution in [0.2, 0.25) is 0 Å². The van der Waals surface area contributed by atoms with Crippen LogP contribution >= 0.6 is 0 Å². The lowest BCUT2D eigenvalue weighted by Crippen LogP contribution is -2.31. The number of rotatable bonds is 9. The molecule has 0 radical (unpaired) electrons. The molecule has 0 N–H and O–H groups in total. The summed E-state index contributed by atoms with van der Waals surface area (Å²) in [4.78, 5) is 11.5. The van der Waals surface area contributed by atoms with Crippen molar-refractivity contribution in [1.82, 2.24) is 0 Å². The van der Waals surface area contributed by atoms with Crippen molar-refractivity contribution in [2.75, 3.05) is 0 Å². The Morgan fingerprint density at radius 3 is 2.35 bits per heavy atom. The molecule has 0 fully saturated rings. The molecule has 0 heterocycles. The normalized spacial score (nSPS) is 13.5. The lowest BCUT2D eigenvalue weighted by molar-refractivity contribution is -0.201. The molecule has 0 aliphatic rings. The number of unbranched alkanes of at least 4 members (excludes halogenated alkanes) is 2. The first-order valence-electron chi connectivity index (χ1n) is 6.78. The van der Waals surface area contributed by atoms with Gasteiger partial charge in [-0.25, -0.2) is 0 Å². The van der Waals surface area contributed by atoms with Crippen molar-refractivity contribution in [3.8, 4) is 0 Å². The fraction of sp³-hybridized carbons (Fsp3) is 0.929. The summed E-state index contributed by atoms with van der Waals surface area (Å²) in [5.41, 5.74) is -0.224. The van der Waals surface area contributed by atoms with E-state index in [4.69, 9.17) is 9.47 Å². The van der Waals surface area contributed by atoms with Gasteiger partial charge in [0.2, 0.25) is 6.29 Å². The maximum Gasteiger partial charge on any atom is 0.308 e. The molecule has 1 atom stereocenters. The molecular weight excluding hydrogens is 216 g/mol. The third kappa shape index (κ3) is 9.16. The molecule has 1 unspecified atom stereocenters. The Balaban J connectivity index is 3.84. The molecule has 3 heteroatoms. The minimum absolute atomic E-state index is 0.154. The summed E-state index contributed by atoms with van der Waals surface area (Å²) in [6.45, 7) is 10.1. The predicted octanol–water partition coefficient (Wildman–Crippen LogP) is 4.05. The average Bonchev–Trinajstić information content (AvgIpc) is 2.16. The zero-order valence-electron chi connectivity index (χ0n) is 12.0. The Kier molecular flexibility index (Phi) is 8.23. The van der Waals surface area contributed by atoms with E-state index >= 15 is 0 Å². The van der Waals surface area contributed by atoms with Gasteiger partial charge in [-0.2, -0.15) is 0 Å². The van der Waals surface area contributed by atoms with E-state index in [9.17, 15) is 4.79 Å². The van der Waals surface area contributed by atoms with Gasteiger partial charge in [0.1, 0.15) is 0 Å². The number of ether oxygens (including phenoxy) is 2. The van der Waals surface area contributed by atoms with Crippen molar-refractivity contribution < 1.29 is 14.3 Å². The van der Waals surface area contributed by atoms with Crippen molar-refractivity contribution in [3.05, 3.63) is 0 Å². The Hall–Kier alpha value is -0.570. The van der Waals surface area contributed by atoms with Crippen molar-refractivity contribution in [2.45, 2.75) is 85.0 Å². The summed E-state index contributed by atoms with van der Waals surface area (Å²) in [5.74, 6) is -0.154. The van der Waals surface area contributed by atoms with Crippen molar-refractivity contribution in [1.29, 1.82) is 0 Å². The van der Waals surface area contributed by atoms with Crippen LogP contribution in [-0.2, 0) is 14.3 Å². The lowest BCUT2D eigenvalue weighted by atomic mass is 10.0. The summed E-state index contributed by atoms with van der Waals surface area (Å²) < 4.78 is 10.9. The Bertz CT molecular complexity index is 212. The molecular formula is C14H28O3. The van der Waals surface area contributed by atoms with E-state index in [-0.39, 0.29) is 11.6 Å². The molecule has 102 valence electrons. The first kappa shape index (κ1) is 16.4. The third-order valence-corrected chi connectivity index (χ3v) is 2.62. The molecule has 0 aromatic heterocycles. The highest BCUT2D eigenvalue weighted by atomic mass is 16.7. The zero-order chi connectivity index (χ0) is 13.3. The largest absolute Gasteiger partial charge is 0.436 e. The Morgan fingerprint density at radius 2 is 1.82 bits per heavy atom. The molecule has 17 heavy (non-hydrogen) atoms. The Morgan fingerprint density at radius 1 is 1.18 bits per heavy atom. The van der Waals surface area contributed by atoms with Crippen LogP contribution in [0.25, 0.3) is 0 Å². The molecule has 0 aromatic rings. The monoisotopic (exact) mass is 244 g/mol. The lowest BCUT2D eigenvalue weighted by Gasteiger charge is -2.28. The van der Waals surface area contributed by atoms with Crippen molar-refractivity contribution >= 4 is 5.97 Å². The fourth-order valence-corrected chi connectivity index (χ4v) is 1.90. The van der Waals surface area contributed by atoms with Crippen molar-refractivity contribution in [2.24, 2.45) is 0 Å². The standard InChI is InChI=1S/C14H28O3/c1-6-8-9-10-13(15)16-12(3)17-14(4,5)11-7-2/h12H,6-11H2,1-5H3. The van der Waals surface area contributed by atoms with Gasteiger partial charge in [-0.05, 0) is 33.6 Å². The molecule has 0 aliphatic carbocycles. The fourth-order valence-electron chi connectivity index (χ4n) is 1.90. The molecule has 0 aliphatic heterocycles. The number of esters is 1. The van der Waals surface area contributed by atoms with Gasteiger partial charge in [-0.1, -0.05) is 33.1 Å². The first-order valence-corrected chi connectivity index (χ1v) is 6.78. The van der Waals surface area contributed by atoms with Gasteiger partial charge in [0, 0.05) is 6.42 Å². The third-order valence-electron chi connectivity index (χ3n) is 2.62. The van der Waals surface area contributed by atoms with E-state index < -0.39 is 6.29 Å². The van der Waals surface area contributed by atoms with Crippen molar-refractivity contribution in [3.63, 3.8) is 0 Å². The van der Waals surface area contributed by atoms with Crippen LogP contribution in [0.3, 0.4) is 0 Å². The molecule has 0 aromatic carbocycles. The van der Waals surface area contributed by atoms with Gasteiger partial charge in [-0.3, -0.25) is 4.79 Å². The zero-order valence-corrected chi connectivity index (χ0v) is 12.0. The van der Waals surface area contributed by atoms with E-state index in [1.54, 1.807) is 6.92 Å². The van der Waals surface area contributed by atoms with Gasteiger partial charge < -0.3 is 9.47 Å². The maximum absolute atomic E-state index is 11.5. The predicted molar refractivity (Wildman–Crippen MR) is 69.8 cm³/mol. The number of hydrogen-bond acceptors (Lipinski definition) is 3. The summed E-state index contributed by atoms with van der Waals surface area (Å²) in [7, 11) is 0. The van der Waals surface area contributed by atoms with Crippen LogP contribution in [0, 0.1) is 0 Å². The van der Waals surface area contributed by atoms with Crippen LogP contribution < -0.4 is 0 Å². The molecule has 0 spiro atoms. The minimum atomic E-state index is -0.453. The second-order valence-electron chi connectivity index (χ2n) is 5.14. The van der Waals surface area contributed by atoms with Gasteiger partial charge in [-0.15, -0.1) is 0 Å². The average molecular weight is 244 g/mol. The highest BCUT2D eigenvalue weighted by molar-refractivity contribution is 5.69. The maximum atomic E-state index is 11.5. The van der Waals surface area contributed by atoms with Crippen LogP contribution in [-0.4, -0.2) is 17.9 Å². The highest BCUT2D eigenvalue weighted by Crippen LogP contribution is 2.19. The second kappa shape index (κ2) is 8.51. The summed E-state index contributed by atoms with van der Waals surface area (Å²) >= 11 is 0. The molecule has 0 bridgehead atoms. The van der Waals surface area contributed by atoms with Gasteiger partial charge >= 0.3 is 5.97 Å². The van der Waals surface area contributed by atoms with E-state index in [1.807, 2.05) is 13.8 Å². The van der Waals surface area contributed by atoms with Gasteiger partial charge in [0.05, 0.1) is 5.60 Å².